The highest BCUT2D eigenvalue weighted by atomic mass is 35.5. The maximum Gasteiger partial charge on any atom is 0.336 e. The number of hydrogen-bond acceptors (Lipinski definition) is 2. The van der Waals surface area contributed by atoms with E-state index >= 15 is 0 Å². The summed E-state index contributed by atoms with van der Waals surface area (Å²) in [6.07, 6.45) is 3.56. The number of aromatic carboxylic acids is 1. The minimum absolute atomic E-state index is 0.226. The van der Waals surface area contributed by atoms with Crippen LogP contribution in [-0.4, -0.2) is 16.1 Å². The van der Waals surface area contributed by atoms with Crippen LogP contribution in [0.1, 0.15) is 21.6 Å². The smallest absolute Gasteiger partial charge is 0.336 e. The Kier molecular flexibility index (Phi) is 4.33. The number of nitrogens with zero attached hydrogens (tertiary/aromatic N) is 1. The van der Waals surface area contributed by atoms with Crippen LogP contribution in [0.2, 0.25) is 10.0 Å². The van der Waals surface area contributed by atoms with Crippen LogP contribution < -0.4 is 0 Å². The molecule has 0 aliphatic heterocycles. The van der Waals surface area contributed by atoms with Crippen molar-refractivity contribution in [1.29, 1.82) is 0 Å². The van der Waals surface area contributed by atoms with Gasteiger partial charge in [-0.05, 0) is 35.9 Å². The van der Waals surface area contributed by atoms with E-state index in [4.69, 9.17) is 23.2 Å². The third kappa shape index (κ3) is 3.36. The van der Waals surface area contributed by atoms with Gasteiger partial charge in [0.25, 0.3) is 0 Å². The van der Waals surface area contributed by atoms with E-state index in [2.05, 4.69) is 4.98 Å². The second-order valence-electron chi connectivity index (χ2n) is 4.92. The second-order valence-corrected chi connectivity index (χ2v) is 5.74. The molecule has 0 amide bonds. The predicted molar refractivity (Wildman–Crippen MR) is 94.1 cm³/mol. The van der Waals surface area contributed by atoms with Crippen molar-refractivity contribution in [1.82, 2.24) is 4.98 Å². The van der Waals surface area contributed by atoms with Crippen LogP contribution in [-0.2, 0) is 0 Å². The Bertz CT molecular complexity index is 935. The molecular formula is C18H11Cl2NO2. The van der Waals surface area contributed by atoms with E-state index in [1.165, 1.54) is 0 Å². The normalized spacial score (nSPS) is 11.2. The van der Waals surface area contributed by atoms with Crippen LogP contribution in [0, 0.1) is 0 Å². The summed E-state index contributed by atoms with van der Waals surface area (Å²) >= 11 is 11.9. The van der Waals surface area contributed by atoms with Crippen molar-refractivity contribution in [3.8, 4) is 0 Å². The minimum Gasteiger partial charge on any atom is -0.478 e. The lowest BCUT2D eigenvalue weighted by molar-refractivity contribution is 0.0699. The predicted octanol–water partition coefficient (Wildman–Crippen LogP) is 5.41. The van der Waals surface area contributed by atoms with E-state index in [0.29, 0.717) is 26.6 Å². The molecular weight excluding hydrogens is 333 g/mol. The molecule has 5 heteroatoms. The van der Waals surface area contributed by atoms with Crippen molar-refractivity contribution in [3.63, 3.8) is 0 Å². The summed E-state index contributed by atoms with van der Waals surface area (Å²) in [6.45, 7) is 0. The molecule has 0 aliphatic rings. The highest BCUT2D eigenvalue weighted by Gasteiger charge is 2.10. The van der Waals surface area contributed by atoms with Gasteiger partial charge in [-0.1, -0.05) is 53.5 Å². The molecule has 0 fully saturated rings. The Hall–Kier alpha value is -2.36. The third-order valence-electron chi connectivity index (χ3n) is 3.36. The zero-order valence-electron chi connectivity index (χ0n) is 11.8. The molecule has 0 spiro atoms. The van der Waals surface area contributed by atoms with Crippen molar-refractivity contribution < 1.29 is 9.90 Å². The van der Waals surface area contributed by atoms with Crippen molar-refractivity contribution in [3.05, 3.63) is 75.4 Å². The number of benzene rings is 2. The standard InChI is InChI=1S/C18H11Cl2NO2/c19-15-8-6-11(9-16(15)20)5-7-12-10-14(18(22)23)13-3-1-2-4-17(13)21-12/h1-10H,(H,22,23). The fraction of sp³-hybridized carbons (Fsp3) is 0. The molecule has 0 saturated carbocycles. The minimum atomic E-state index is -0.979. The van der Waals surface area contributed by atoms with Gasteiger partial charge >= 0.3 is 5.97 Å². The van der Waals surface area contributed by atoms with Crippen LogP contribution in [0.25, 0.3) is 23.1 Å². The van der Waals surface area contributed by atoms with Gasteiger partial charge in [0.05, 0.1) is 26.8 Å². The van der Waals surface area contributed by atoms with Gasteiger partial charge in [-0.25, -0.2) is 9.78 Å². The van der Waals surface area contributed by atoms with Gasteiger partial charge in [0.1, 0.15) is 0 Å². The first-order chi connectivity index (χ1) is 11.0. The van der Waals surface area contributed by atoms with Gasteiger partial charge in [0.15, 0.2) is 0 Å². The molecule has 114 valence electrons. The van der Waals surface area contributed by atoms with Crippen LogP contribution in [0.4, 0.5) is 0 Å². The van der Waals surface area contributed by atoms with Gasteiger partial charge in [-0.2, -0.15) is 0 Å². The molecule has 0 atom stereocenters. The van der Waals surface area contributed by atoms with Gasteiger partial charge in [0, 0.05) is 5.39 Å². The van der Waals surface area contributed by atoms with Crippen molar-refractivity contribution in [2.45, 2.75) is 0 Å². The molecule has 3 aromatic rings. The zero-order chi connectivity index (χ0) is 16.4. The Morgan fingerprint density at radius 1 is 1.00 bits per heavy atom. The maximum atomic E-state index is 11.4. The summed E-state index contributed by atoms with van der Waals surface area (Å²) in [5.74, 6) is -0.979. The number of aromatic nitrogens is 1. The van der Waals surface area contributed by atoms with Crippen LogP contribution in [0.5, 0.6) is 0 Å². The van der Waals surface area contributed by atoms with E-state index in [9.17, 15) is 9.90 Å². The topological polar surface area (TPSA) is 50.2 Å². The lowest BCUT2D eigenvalue weighted by Gasteiger charge is -2.04. The third-order valence-corrected chi connectivity index (χ3v) is 4.10. The Morgan fingerprint density at radius 3 is 2.52 bits per heavy atom. The zero-order valence-corrected chi connectivity index (χ0v) is 13.3. The number of para-hydroxylation sites is 1. The molecule has 3 nitrogen and oxygen atoms in total. The van der Waals surface area contributed by atoms with E-state index in [1.807, 2.05) is 18.2 Å². The number of carbonyl (C=O) groups is 1. The van der Waals surface area contributed by atoms with Crippen LogP contribution in [0.15, 0.2) is 48.5 Å². The van der Waals surface area contributed by atoms with E-state index in [-0.39, 0.29) is 5.56 Å². The number of carboxylic acid groups (broad SMARTS) is 1. The fourth-order valence-corrected chi connectivity index (χ4v) is 2.56. The number of fused-ring (bicyclic) bond motifs is 1. The lowest BCUT2D eigenvalue weighted by Crippen LogP contribution is -2.00. The van der Waals surface area contributed by atoms with Crippen molar-refractivity contribution in [2.75, 3.05) is 0 Å². The molecule has 1 N–H and O–H groups in total. The Labute approximate surface area is 142 Å². The summed E-state index contributed by atoms with van der Waals surface area (Å²) in [7, 11) is 0. The maximum absolute atomic E-state index is 11.4. The Balaban J connectivity index is 2.04. The molecule has 0 saturated heterocycles. The quantitative estimate of drug-likeness (QED) is 0.691. The first kappa shape index (κ1) is 15.5. The average molecular weight is 344 g/mol. The number of pyridine rings is 1. The average Bonchev–Trinajstić information content (AvgIpc) is 2.55. The first-order valence-corrected chi connectivity index (χ1v) is 7.56. The van der Waals surface area contributed by atoms with Crippen molar-refractivity contribution in [2.24, 2.45) is 0 Å². The van der Waals surface area contributed by atoms with Gasteiger partial charge in [-0.3, -0.25) is 0 Å². The molecule has 1 aromatic heterocycles. The van der Waals surface area contributed by atoms with Gasteiger partial charge in [-0.15, -0.1) is 0 Å². The van der Waals surface area contributed by atoms with E-state index < -0.39 is 5.97 Å². The number of carboxylic acids is 1. The molecule has 2 aromatic carbocycles. The fourth-order valence-electron chi connectivity index (χ4n) is 2.26. The lowest BCUT2D eigenvalue weighted by atomic mass is 10.1. The molecule has 0 bridgehead atoms. The summed E-state index contributed by atoms with van der Waals surface area (Å²) < 4.78 is 0. The van der Waals surface area contributed by atoms with Gasteiger partial charge < -0.3 is 5.11 Å². The summed E-state index contributed by atoms with van der Waals surface area (Å²) in [5.41, 5.74) is 2.28. The molecule has 0 radical (unpaired) electrons. The van der Waals surface area contributed by atoms with Gasteiger partial charge in [0.2, 0.25) is 0 Å². The van der Waals surface area contributed by atoms with E-state index in [1.54, 1.807) is 42.5 Å². The van der Waals surface area contributed by atoms with Crippen LogP contribution >= 0.6 is 23.2 Å². The monoisotopic (exact) mass is 343 g/mol. The van der Waals surface area contributed by atoms with Crippen molar-refractivity contribution >= 4 is 52.2 Å². The van der Waals surface area contributed by atoms with E-state index in [0.717, 1.165) is 5.56 Å². The SMILES string of the molecule is O=C(O)c1cc(C=Cc2ccc(Cl)c(Cl)c2)nc2ccccc12. The number of halogens is 2. The van der Waals surface area contributed by atoms with Crippen LogP contribution in [0.3, 0.4) is 0 Å². The molecule has 0 unspecified atom stereocenters. The first-order valence-electron chi connectivity index (χ1n) is 6.81. The molecule has 0 aliphatic carbocycles. The summed E-state index contributed by atoms with van der Waals surface area (Å²) in [6, 6.07) is 14.0. The summed E-state index contributed by atoms with van der Waals surface area (Å²) in [5, 5.41) is 10.9. The number of hydrogen-bond donors (Lipinski definition) is 1. The highest BCUT2D eigenvalue weighted by molar-refractivity contribution is 6.42. The summed E-state index contributed by atoms with van der Waals surface area (Å²) in [4.78, 5) is 15.9. The molecule has 3 rings (SSSR count). The molecule has 23 heavy (non-hydrogen) atoms. The second kappa shape index (κ2) is 6.41. The largest absolute Gasteiger partial charge is 0.478 e. The Morgan fingerprint density at radius 2 is 1.78 bits per heavy atom. The molecule has 1 heterocycles. The highest BCUT2D eigenvalue weighted by Crippen LogP contribution is 2.24. The number of rotatable bonds is 3.